The van der Waals surface area contributed by atoms with E-state index in [0.29, 0.717) is 18.2 Å². The van der Waals surface area contributed by atoms with E-state index in [1.54, 1.807) is 0 Å². The van der Waals surface area contributed by atoms with Gasteiger partial charge in [-0.05, 0) is 12.1 Å². The minimum atomic E-state index is -4.86. The number of sulfone groups is 1. The van der Waals surface area contributed by atoms with E-state index in [1.807, 2.05) is 0 Å². The summed E-state index contributed by atoms with van der Waals surface area (Å²) in [4.78, 5) is 18.4. The van der Waals surface area contributed by atoms with Crippen LogP contribution in [0.4, 0.5) is 8.78 Å². The minimum Gasteiger partial charge on any atom is -0.477 e. The van der Waals surface area contributed by atoms with Crippen LogP contribution in [0, 0.1) is 11.6 Å². The molecule has 0 saturated carbocycles. The molecule has 0 aliphatic carbocycles. The van der Waals surface area contributed by atoms with Gasteiger partial charge in [-0.1, -0.05) is 0 Å². The van der Waals surface area contributed by atoms with Gasteiger partial charge in [-0.15, -0.1) is 0 Å². The lowest BCUT2D eigenvalue weighted by molar-refractivity contribution is -0.160. The van der Waals surface area contributed by atoms with Crippen LogP contribution in [0.25, 0.3) is 0 Å². The van der Waals surface area contributed by atoms with Crippen molar-refractivity contribution in [3.8, 4) is 0 Å². The average molecular weight is 306 g/mol. The number of carboxylic acid groups (broad SMARTS) is 1. The fourth-order valence-corrected chi connectivity index (χ4v) is 3.60. The standard InChI is InChI=1S/C11H8F2O6S/c12-6-1-2-8(7(13)5-6)20(17,18)11(10(15)16)4-3-9(14)19-11/h1-2,5H,3-4H2,(H,15,16). The predicted molar refractivity (Wildman–Crippen MR) is 59.2 cm³/mol. The molecule has 1 aromatic carbocycles. The van der Waals surface area contributed by atoms with E-state index in [4.69, 9.17) is 5.11 Å². The zero-order chi connectivity index (χ0) is 15.1. The number of ether oxygens (including phenoxy) is 1. The lowest BCUT2D eigenvalue weighted by Gasteiger charge is -2.22. The van der Waals surface area contributed by atoms with E-state index < -0.39 is 56.1 Å². The Balaban J connectivity index is 2.64. The molecule has 20 heavy (non-hydrogen) atoms. The Hall–Kier alpha value is -2.03. The Morgan fingerprint density at radius 2 is 2.00 bits per heavy atom. The summed E-state index contributed by atoms with van der Waals surface area (Å²) in [5.41, 5.74) is 0. The molecule has 1 aliphatic rings. The first-order chi connectivity index (χ1) is 9.20. The molecule has 1 saturated heterocycles. The summed E-state index contributed by atoms with van der Waals surface area (Å²) in [5, 5.41) is 9.07. The highest BCUT2D eigenvalue weighted by Crippen LogP contribution is 2.37. The first kappa shape index (κ1) is 14.4. The molecule has 1 atom stereocenters. The number of cyclic esters (lactones) is 1. The number of esters is 1. The fraction of sp³-hybridized carbons (Fsp3) is 0.273. The SMILES string of the molecule is O=C1CCC(C(=O)O)(S(=O)(=O)c2ccc(F)cc2F)O1. The topological polar surface area (TPSA) is 97.7 Å². The van der Waals surface area contributed by atoms with Crippen molar-refractivity contribution in [2.75, 3.05) is 0 Å². The van der Waals surface area contributed by atoms with Crippen molar-refractivity contribution in [3.05, 3.63) is 29.8 Å². The summed E-state index contributed by atoms with van der Waals surface area (Å²) in [6.45, 7) is 0. The van der Waals surface area contributed by atoms with Crippen LogP contribution in [0.1, 0.15) is 12.8 Å². The third kappa shape index (κ3) is 1.94. The molecule has 0 spiro atoms. The van der Waals surface area contributed by atoms with Crippen LogP contribution < -0.4 is 0 Å². The number of carbonyl (C=O) groups is 2. The van der Waals surface area contributed by atoms with Crippen LogP contribution in [0.5, 0.6) is 0 Å². The van der Waals surface area contributed by atoms with Gasteiger partial charge in [-0.2, -0.15) is 0 Å². The summed E-state index contributed by atoms with van der Waals surface area (Å²) in [5.74, 6) is -5.41. The third-order valence-corrected chi connectivity index (χ3v) is 5.12. The third-order valence-electron chi connectivity index (χ3n) is 2.88. The summed E-state index contributed by atoms with van der Waals surface area (Å²) in [6, 6.07) is 1.57. The van der Waals surface area contributed by atoms with Crippen molar-refractivity contribution in [3.63, 3.8) is 0 Å². The molecule has 1 N–H and O–H groups in total. The fourth-order valence-electron chi connectivity index (χ4n) is 1.88. The summed E-state index contributed by atoms with van der Waals surface area (Å²) >= 11 is 0. The summed E-state index contributed by atoms with van der Waals surface area (Å²) in [7, 11) is -4.86. The number of halogens is 2. The van der Waals surface area contributed by atoms with Crippen LogP contribution in [0.15, 0.2) is 23.1 Å². The molecule has 108 valence electrons. The smallest absolute Gasteiger partial charge is 0.364 e. The summed E-state index contributed by atoms with van der Waals surface area (Å²) < 4.78 is 55.3. The Labute approximate surface area is 111 Å². The highest BCUT2D eigenvalue weighted by Gasteiger charge is 2.59. The molecular formula is C11H8F2O6S. The van der Waals surface area contributed by atoms with Gasteiger partial charge in [0.1, 0.15) is 16.5 Å². The Morgan fingerprint density at radius 1 is 1.35 bits per heavy atom. The zero-order valence-corrected chi connectivity index (χ0v) is 10.6. The molecule has 1 aromatic rings. The molecule has 6 nitrogen and oxygen atoms in total. The van der Waals surface area contributed by atoms with Gasteiger partial charge in [0.15, 0.2) is 0 Å². The van der Waals surface area contributed by atoms with E-state index in [2.05, 4.69) is 4.74 Å². The highest BCUT2D eigenvalue weighted by molar-refractivity contribution is 7.93. The zero-order valence-electron chi connectivity index (χ0n) is 9.80. The molecule has 1 aliphatic heterocycles. The summed E-state index contributed by atoms with van der Waals surface area (Å²) in [6.07, 6.45) is -1.06. The Kier molecular flexibility index (Phi) is 3.24. The number of aliphatic carboxylic acids is 1. The van der Waals surface area contributed by atoms with Gasteiger partial charge in [-0.3, -0.25) is 4.79 Å². The van der Waals surface area contributed by atoms with Gasteiger partial charge in [0.25, 0.3) is 0 Å². The molecule has 1 heterocycles. The largest absolute Gasteiger partial charge is 0.477 e. The molecule has 0 amide bonds. The first-order valence-corrected chi connectivity index (χ1v) is 6.84. The van der Waals surface area contributed by atoms with E-state index in [0.717, 1.165) is 0 Å². The molecule has 0 aromatic heterocycles. The Bertz CT molecular complexity index is 699. The molecule has 1 unspecified atom stereocenters. The van der Waals surface area contributed by atoms with Crippen molar-refractivity contribution in [2.45, 2.75) is 22.7 Å². The maximum absolute atomic E-state index is 13.6. The van der Waals surface area contributed by atoms with Crippen LogP contribution in [0.2, 0.25) is 0 Å². The van der Waals surface area contributed by atoms with Gasteiger partial charge >= 0.3 is 16.9 Å². The number of rotatable bonds is 3. The van der Waals surface area contributed by atoms with Crippen LogP contribution >= 0.6 is 0 Å². The average Bonchev–Trinajstić information content (AvgIpc) is 2.72. The van der Waals surface area contributed by atoms with E-state index in [-0.39, 0.29) is 0 Å². The van der Waals surface area contributed by atoms with Gasteiger partial charge < -0.3 is 9.84 Å². The van der Waals surface area contributed by atoms with Gasteiger partial charge in [0, 0.05) is 12.5 Å². The molecule has 2 rings (SSSR count). The van der Waals surface area contributed by atoms with Crippen molar-refractivity contribution >= 4 is 21.8 Å². The number of benzene rings is 1. The van der Waals surface area contributed by atoms with Crippen molar-refractivity contribution < 1.29 is 36.6 Å². The molecule has 0 radical (unpaired) electrons. The quantitative estimate of drug-likeness (QED) is 0.657. The van der Waals surface area contributed by atoms with Gasteiger partial charge in [0.2, 0.25) is 9.84 Å². The second-order valence-electron chi connectivity index (χ2n) is 4.11. The molecule has 1 fully saturated rings. The van der Waals surface area contributed by atoms with Crippen LogP contribution in [-0.2, 0) is 24.2 Å². The van der Waals surface area contributed by atoms with Crippen LogP contribution in [0.3, 0.4) is 0 Å². The van der Waals surface area contributed by atoms with Crippen molar-refractivity contribution in [2.24, 2.45) is 0 Å². The second kappa shape index (κ2) is 4.51. The van der Waals surface area contributed by atoms with E-state index in [1.165, 1.54) is 0 Å². The number of hydrogen-bond acceptors (Lipinski definition) is 5. The lowest BCUT2D eigenvalue weighted by Crippen LogP contribution is -2.46. The monoisotopic (exact) mass is 306 g/mol. The predicted octanol–water partition coefficient (Wildman–Crippen LogP) is 0.856. The van der Waals surface area contributed by atoms with E-state index in [9.17, 15) is 26.8 Å². The molecular weight excluding hydrogens is 298 g/mol. The van der Waals surface area contributed by atoms with Crippen molar-refractivity contribution in [1.29, 1.82) is 0 Å². The maximum Gasteiger partial charge on any atom is 0.364 e. The molecule has 9 heteroatoms. The second-order valence-corrected chi connectivity index (χ2v) is 6.22. The normalized spacial score (nSPS) is 22.6. The van der Waals surface area contributed by atoms with Crippen LogP contribution in [-0.4, -0.2) is 30.4 Å². The Morgan fingerprint density at radius 3 is 2.45 bits per heavy atom. The number of hydrogen-bond donors (Lipinski definition) is 1. The highest BCUT2D eigenvalue weighted by atomic mass is 32.2. The lowest BCUT2D eigenvalue weighted by atomic mass is 10.2. The molecule has 0 bridgehead atoms. The van der Waals surface area contributed by atoms with Gasteiger partial charge in [-0.25, -0.2) is 22.0 Å². The van der Waals surface area contributed by atoms with Gasteiger partial charge in [0.05, 0.1) is 6.42 Å². The van der Waals surface area contributed by atoms with Crippen molar-refractivity contribution in [1.82, 2.24) is 0 Å². The number of carboxylic acids is 1. The maximum atomic E-state index is 13.6. The number of carbonyl (C=O) groups excluding carboxylic acids is 1. The van der Waals surface area contributed by atoms with E-state index >= 15 is 0 Å². The minimum absolute atomic E-state index is 0.305. The first-order valence-electron chi connectivity index (χ1n) is 5.35.